The molecule has 6 nitrogen and oxygen atoms in total. The van der Waals surface area contributed by atoms with E-state index < -0.39 is 0 Å². The highest BCUT2D eigenvalue weighted by Gasteiger charge is 2.13. The van der Waals surface area contributed by atoms with Gasteiger partial charge < -0.3 is 19.2 Å². The second kappa shape index (κ2) is 8.52. The van der Waals surface area contributed by atoms with Gasteiger partial charge in [0.25, 0.3) is 5.91 Å². The largest absolute Gasteiger partial charge is 0.497 e. The Labute approximate surface area is 180 Å². The highest BCUT2D eigenvalue weighted by molar-refractivity contribution is 5.93. The van der Waals surface area contributed by atoms with E-state index in [0.717, 1.165) is 16.7 Å². The number of rotatable bonds is 6. The van der Waals surface area contributed by atoms with E-state index in [-0.39, 0.29) is 12.5 Å². The smallest absolute Gasteiger partial charge is 0.262 e. The fourth-order valence-electron chi connectivity index (χ4n) is 3.19. The molecule has 0 fully saturated rings. The van der Waals surface area contributed by atoms with Gasteiger partial charge in [-0.05, 0) is 73.9 Å². The number of nitrogens with zero attached hydrogens (tertiary/aromatic N) is 1. The lowest BCUT2D eigenvalue weighted by Gasteiger charge is -2.11. The van der Waals surface area contributed by atoms with Crippen molar-refractivity contribution in [2.45, 2.75) is 20.8 Å². The molecule has 0 aliphatic rings. The zero-order chi connectivity index (χ0) is 22.0. The predicted octanol–water partition coefficient (Wildman–Crippen LogP) is 5.45. The van der Waals surface area contributed by atoms with E-state index in [1.54, 1.807) is 7.11 Å². The number of ether oxygens (including phenoxy) is 2. The van der Waals surface area contributed by atoms with Crippen molar-refractivity contribution in [1.29, 1.82) is 0 Å². The van der Waals surface area contributed by atoms with E-state index in [4.69, 9.17) is 13.9 Å². The van der Waals surface area contributed by atoms with E-state index in [2.05, 4.69) is 10.3 Å². The van der Waals surface area contributed by atoms with Crippen molar-refractivity contribution < 1.29 is 18.7 Å². The van der Waals surface area contributed by atoms with Crippen LogP contribution < -0.4 is 14.8 Å². The quantitative estimate of drug-likeness (QED) is 0.453. The van der Waals surface area contributed by atoms with Crippen LogP contribution in [0, 0.1) is 20.8 Å². The fourth-order valence-corrected chi connectivity index (χ4v) is 3.19. The van der Waals surface area contributed by atoms with Gasteiger partial charge in [0.05, 0.1) is 7.11 Å². The van der Waals surface area contributed by atoms with Crippen LogP contribution in [0.5, 0.6) is 11.5 Å². The Bertz CT molecular complexity index is 1260. The van der Waals surface area contributed by atoms with Crippen LogP contribution in [0.25, 0.3) is 22.6 Å². The molecule has 1 amide bonds. The Kier molecular flexibility index (Phi) is 5.62. The Morgan fingerprint density at radius 2 is 1.71 bits per heavy atom. The molecule has 0 saturated carbocycles. The van der Waals surface area contributed by atoms with Gasteiger partial charge in [-0.3, -0.25) is 4.79 Å². The van der Waals surface area contributed by atoms with Crippen LogP contribution in [0.1, 0.15) is 16.7 Å². The van der Waals surface area contributed by atoms with Crippen molar-refractivity contribution in [3.8, 4) is 23.0 Å². The lowest BCUT2D eigenvalue weighted by molar-refractivity contribution is -0.118. The topological polar surface area (TPSA) is 73.6 Å². The van der Waals surface area contributed by atoms with Crippen LogP contribution in [0.15, 0.2) is 59.0 Å². The van der Waals surface area contributed by atoms with Crippen molar-refractivity contribution in [2.75, 3.05) is 19.0 Å². The van der Waals surface area contributed by atoms with Crippen LogP contribution >= 0.6 is 0 Å². The lowest BCUT2D eigenvalue weighted by Crippen LogP contribution is -2.20. The molecule has 31 heavy (non-hydrogen) atoms. The average Bonchev–Trinajstić information content (AvgIpc) is 3.19. The fraction of sp³-hybridized carbons (Fsp3) is 0.200. The Hall–Kier alpha value is -3.80. The molecule has 0 aliphatic heterocycles. The maximum absolute atomic E-state index is 12.5. The van der Waals surface area contributed by atoms with Crippen molar-refractivity contribution in [3.63, 3.8) is 0 Å². The van der Waals surface area contributed by atoms with Gasteiger partial charge in [-0.2, -0.15) is 0 Å². The minimum atomic E-state index is -0.235. The van der Waals surface area contributed by atoms with Crippen LogP contribution in [0.3, 0.4) is 0 Å². The third-order valence-electron chi connectivity index (χ3n) is 5.20. The predicted molar refractivity (Wildman–Crippen MR) is 121 cm³/mol. The average molecular weight is 416 g/mol. The number of amides is 1. The number of hydrogen-bond donors (Lipinski definition) is 1. The van der Waals surface area contributed by atoms with Gasteiger partial charge in [0.2, 0.25) is 5.89 Å². The first-order chi connectivity index (χ1) is 14.9. The van der Waals surface area contributed by atoms with Crippen molar-refractivity contribution >= 4 is 22.7 Å². The van der Waals surface area contributed by atoms with Crippen molar-refractivity contribution in [1.82, 2.24) is 4.98 Å². The molecule has 1 heterocycles. The van der Waals surface area contributed by atoms with Gasteiger partial charge in [-0.1, -0.05) is 12.1 Å². The van der Waals surface area contributed by atoms with Gasteiger partial charge >= 0.3 is 0 Å². The minimum Gasteiger partial charge on any atom is -0.497 e. The molecule has 0 unspecified atom stereocenters. The highest BCUT2D eigenvalue weighted by atomic mass is 16.5. The molecule has 3 aromatic carbocycles. The third-order valence-corrected chi connectivity index (χ3v) is 5.20. The molecule has 4 aromatic rings. The Morgan fingerprint density at radius 1 is 0.935 bits per heavy atom. The SMILES string of the molecule is COc1ccc2oc(-c3ccc(C)c(NC(=O)COc4ccc(C)c(C)c4)c3)nc2c1. The molecule has 0 radical (unpaired) electrons. The maximum atomic E-state index is 12.5. The Balaban J connectivity index is 1.49. The summed E-state index contributed by atoms with van der Waals surface area (Å²) in [7, 11) is 1.61. The lowest BCUT2D eigenvalue weighted by atomic mass is 10.1. The zero-order valence-corrected chi connectivity index (χ0v) is 18.0. The van der Waals surface area contributed by atoms with E-state index >= 15 is 0 Å². The van der Waals surface area contributed by atoms with Gasteiger partial charge in [-0.25, -0.2) is 4.98 Å². The van der Waals surface area contributed by atoms with E-state index in [1.807, 2.05) is 75.4 Å². The summed E-state index contributed by atoms with van der Waals surface area (Å²) >= 11 is 0. The van der Waals surface area contributed by atoms with Crippen LogP contribution in [0.2, 0.25) is 0 Å². The molecule has 0 aliphatic carbocycles. The monoisotopic (exact) mass is 416 g/mol. The summed E-state index contributed by atoms with van der Waals surface area (Å²) in [5.41, 5.74) is 6.07. The van der Waals surface area contributed by atoms with Crippen LogP contribution in [-0.4, -0.2) is 24.6 Å². The molecule has 0 bridgehead atoms. The van der Waals surface area contributed by atoms with Gasteiger partial charge in [-0.15, -0.1) is 0 Å². The summed E-state index contributed by atoms with van der Waals surface area (Å²) in [4.78, 5) is 17.0. The van der Waals surface area contributed by atoms with Crippen molar-refractivity contribution in [2.24, 2.45) is 0 Å². The molecular formula is C25H24N2O4. The number of benzene rings is 3. The van der Waals surface area contributed by atoms with Crippen molar-refractivity contribution in [3.05, 3.63) is 71.3 Å². The van der Waals surface area contributed by atoms with Crippen LogP contribution in [-0.2, 0) is 4.79 Å². The molecule has 1 aromatic heterocycles. The van der Waals surface area contributed by atoms with Gasteiger partial charge in [0.15, 0.2) is 12.2 Å². The normalized spacial score (nSPS) is 10.8. The number of carbonyl (C=O) groups is 1. The maximum Gasteiger partial charge on any atom is 0.262 e. The Morgan fingerprint density at radius 3 is 2.48 bits per heavy atom. The number of anilines is 1. The molecule has 0 spiro atoms. The molecule has 0 atom stereocenters. The summed E-state index contributed by atoms with van der Waals surface area (Å²) < 4.78 is 16.8. The second-order valence-corrected chi connectivity index (χ2v) is 7.47. The minimum absolute atomic E-state index is 0.0746. The van der Waals surface area contributed by atoms with E-state index in [0.29, 0.717) is 34.2 Å². The first-order valence-corrected chi connectivity index (χ1v) is 9.98. The summed E-state index contributed by atoms with van der Waals surface area (Å²) in [6.45, 7) is 5.91. The number of hydrogen-bond acceptors (Lipinski definition) is 5. The van der Waals surface area contributed by atoms with Gasteiger partial charge in [0.1, 0.15) is 17.0 Å². The number of aryl methyl sites for hydroxylation is 3. The number of methoxy groups -OCH3 is 1. The number of carbonyl (C=O) groups excluding carboxylic acids is 1. The zero-order valence-electron chi connectivity index (χ0n) is 18.0. The van der Waals surface area contributed by atoms with E-state index in [1.165, 1.54) is 5.56 Å². The number of nitrogens with one attached hydrogen (secondary N) is 1. The summed E-state index contributed by atoms with van der Waals surface area (Å²) in [6.07, 6.45) is 0. The highest BCUT2D eigenvalue weighted by Crippen LogP contribution is 2.29. The summed E-state index contributed by atoms with van der Waals surface area (Å²) in [5.74, 6) is 1.63. The summed E-state index contributed by atoms with van der Waals surface area (Å²) in [5, 5.41) is 2.92. The molecule has 158 valence electrons. The van der Waals surface area contributed by atoms with E-state index in [9.17, 15) is 4.79 Å². The molecule has 1 N–H and O–H groups in total. The molecule has 6 heteroatoms. The number of aromatic nitrogens is 1. The van der Waals surface area contributed by atoms with Crippen LogP contribution in [0.4, 0.5) is 5.69 Å². The first kappa shape index (κ1) is 20.5. The first-order valence-electron chi connectivity index (χ1n) is 9.98. The summed E-state index contributed by atoms with van der Waals surface area (Å²) in [6, 6.07) is 16.9. The molecule has 0 saturated heterocycles. The second-order valence-electron chi connectivity index (χ2n) is 7.47. The standard InChI is InChI=1S/C25H24N2O4/c1-15-6-8-20(11-17(15)3)30-14-24(28)26-21-12-18(7-5-16(21)2)25-27-22-13-19(29-4)9-10-23(22)31-25/h5-13H,14H2,1-4H3,(H,26,28). The molecular weight excluding hydrogens is 392 g/mol. The van der Waals surface area contributed by atoms with Gasteiger partial charge in [0, 0.05) is 17.3 Å². The third kappa shape index (κ3) is 4.53. The number of oxazole rings is 1. The molecule has 4 rings (SSSR count). The number of fused-ring (bicyclic) bond motifs is 1.